The van der Waals surface area contributed by atoms with Crippen molar-refractivity contribution in [3.63, 3.8) is 0 Å². The van der Waals surface area contributed by atoms with Crippen LogP contribution >= 0.6 is 0 Å². The molecule has 0 bridgehead atoms. The van der Waals surface area contributed by atoms with Crippen LogP contribution in [0.1, 0.15) is 33.5 Å². The number of rotatable bonds is 4. The zero-order chi connectivity index (χ0) is 13.2. The van der Waals surface area contributed by atoms with Crippen molar-refractivity contribution in [2.45, 2.75) is 46.3 Å². The van der Waals surface area contributed by atoms with Crippen LogP contribution in [0.15, 0.2) is 12.4 Å². The number of aromatic nitrogens is 2. The Morgan fingerprint density at radius 2 is 2.06 bits per heavy atom. The number of aryl methyl sites for hydroxylation is 1. The van der Waals surface area contributed by atoms with Crippen molar-refractivity contribution >= 4 is 0 Å². The highest BCUT2D eigenvalue weighted by Crippen LogP contribution is 2.26. The van der Waals surface area contributed by atoms with Gasteiger partial charge >= 0.3 is 0 Å². The monoisotopic (exact) mass is 238 g/mol. The second kappa shape index (κ2) is 5.19. The molecule has 2 unspecified atom stereocenters. The van der Waals surface area contributed by atoms with Gasteiger partial charge < -0.3 is 10.3 Å². The van der Waals surface area contributed by atoms with E-state index in [4.69, 9.17) is 5.73 Å². The van der Waals surface area contributed by atoms with Crippen molar-refractivity contribution in [1.82, 2.24) is 14.5 Å². The summed E-state index contributed by atoms with van der Waals surface area (Å²) in [5, 5.41) is 0. The molecule has 0 radical (unpaired) electrons. The van der Waals surface area contributed by atoms with Crippen LogP contribution in [0, 0.1) is 5.41 Å². The van der Waals surface area contributed by atoms with Gasteiger partial charge in [-0.3, -0.25) is 4.90 Å². The smallest absolute Gasteiger partial charge is 0.122 e. The average molecular weight is 238 g/mol. The van der Waals surface area contributed by atoms with E-state index in [9.17, 15) is 0 Å². The molecule has 98 valence electrons. The quantitative estimate of drug-likeness (QED) is 0.867. The maximum absolute atomic E-state index is 6.12. The van der Waals surface area contributed by atoms with Gasteiger partial charge in [-0.15, -0.1) is 0 Å². The fraction of sp³-hybridized carbons (Fsp3) is 0.769. The van der Waals surface area contributed by atoms with Crippen LogP contribution < -0.4 is 5.73 Å². The molecule has 1 aromatic rings. The lowest BCUT2D eigenvalue weighted by atomic mass is 9.82. The molecule has 4 nitrogen and oxygen atoms in total. The number of likely N-dealkylation sites (N-methyl/N-ethyl adjacent to an activating group) is 1. The van der Waals surface area contributed by atoms with Crippen LogP contribution in [-0.4, -0.2) is 33.6 Å². The molecular weight excluding hydrogens is 212 g/mol. The summed E-state index contributed by atoms with van der Waals surface area (Å²) >= 11 is 0. The van der Waals surface area contributed by atoms with Gasteiger partial charge in [-0.1, -0.05) is 20.8 Å². The average Bonchev–Trinajstić information content (AvgIpc) is 2.48. The largest absolute Gasteiger partial charge is 0.337 e. The van der Waals surface area contributed by atoms with E-state index in [1.165, 1.54) is 0 Å². The summed E-state index contributed by atoms with van der Waals surface area (Å²) in [5.41, 5.74) is 6.28. The molecule has 0 aliphatic rings. The summed E-state index contributed by atoms with van der Waals surface area (Å²) < 4.78 is 2.05. The highest BCUT2D eigenvalue weighted by molar-refractivity contribution is 4.94. The Hall–Kier alpha value is -0.870. The third-order valence-corrected chi connectivity index (χ3v) is 3.17. The summed E-state index contributed by atoms with van der Waals surface area (Å²) in [4.78, 5) is 6.66. The molecule has 1 heterocycles. The van der Waals surface area contributed by atoms with Gasteiger partial charge in [0, 0.05) is 31.5 Å². The topological polar surface area (TPSA) is 47.1 Å². The molecule has 2 atom stereocenters. The first-order valence-electron chi connectivity index (χ1n) is 6.15. The fourth-order valence-corrected chi connectivity index (χ4v) is 2.72. The molecule has 1 rings (SSSR count). The van der Waals surface area contributed by atoms with E-state index in [1.807, 2.05) is 19.4 Å². The maximum Gasteiger partial charge on any atom is 0.122 e. The van der Waals surface area contributed by atoms with Crippen molar-refractivity contribution in [3.05, 3.63) is 18.2 Å². The number of nitrogens with zero attached hydrogens (tertiary/aromatic N) is 3. The molecule has 0 fully saturated rings. The normalized spacial score (nSPS) is 16.2. The Morgan fingerprint density at radius 3 is 2.41 bits per heavy atom. The van der Waals surface area contributed by atoms with Crippen LogP contribution in [0.3, 0.4) is 0 Å². The van der Waals surface area contributed by atoms with Crippen LogP contribution in [0.25, 0.3) is 0 Å². The van der Waals surface area contributed by atoms with Gasteiger partial charge in [-0.25, -0.2) is 4.98 Å². The van der Waals surface area contributed by atoms with Crippen LogP contribution in [-0.2, 0) is 13.6 Å². The van der Waals surface area contributed by atoms with E-state index in [-0.39, 0.29) is 11.5 Å². The lowest BCUT2D eigenvalue weighted by Gasteiger charge is -2.40. The molecule has 1 aromatic heterocycles. The third-order valence-electron chi connectivity index (χ3n) is 3.17. The van der Waals surface area contributed by atoms with Gasteiger partial charge in [0.15, 0.2) is 0 Å². The lowest BCUT2D eigenvalue weighted by molar-refractivity contribution is 0.0973. The molecule has 17 heavy (non-hydrogen) atoms. The van der Waals surface area contributed by atoms with Crippen molar-refractivity contribution < 1.29 is 0 Å². The Kier molecular flexibility index (Phi) is 4.33. The second-order valence-corrected chi connectivity index (χ2v) is 6.04. The number of imidazole rings is 1. The third kappa shape index (κ3) is 3.54. The molecule has 0 aliphatic heterocycles. The molecule has 0 aliphatic carbocycles. The minimum absolute atomic E-state index is 0.139. The van der Waals surface area contributed by atoms with Crippen molar-refractivity contribution in [1.29, 1.82) is 0 Å². The Bertz CT molecular complexity index is 349. The molecular formula is C13H26N4. The molecule has 0 spiro atoms. The van der Waals surface area contributed by atoms with Gasteiger partial charge in [0.25, 0.3) is 0 Å². The summed E-state index contributed by atoms with van der Waals surface area (Å²) in [6.07, 6.45) is 3.81. The summed E-state index contributed by atoms with van der Waals surface area (Å²) in [6.45, 7) is 9.60. The standard InChI is InChI=1S/C13H26N4/c1-10(14)12(13(2,3)4)17(6)9-11-15-7-8-16(11)5/h7-8,10,12H,9,14H2,1-6H3. The van der Waals surface area contributed by atoms with E-state index in [2.05, 4.69) is 49.2 Å². The van der Waals surface area contributed by atoms with Crippen LogP contribution in [0.4, 0.5) is 0 Å². The Labute approximate surface area is 105 Å². The zero-order valence-corrected chi connectivity index (χ0v) is 11.9. The van der Waals surface area contributed by atoms with E-state index in [0.29, 0.717) is 6.04 Å². The van der Waals surface area contributed by atoms with Gasteiger partial charge in [-0.2, -0.15) is 0 Å². The molecule has 4 heteroatoms. The Balaban J connectivity index is 2.80. The van der Waals surface area contributed by atoms with Gasteiger partial charge in [-0.05, 0) is 19.4 Å². The van der Waals surface area contributed by atoms with E-state index < -0.39 is 0 Å². The number of nitrogens with two attached hydrogens (primary N) is 1. The molecule has 0 saturated carbocycles. The van der Waals surface area contributed by atoms with Gasteiger partial charge in [0.05, 0.1) is 6.54 Å². The summed E-state index contributed by atoms with van der Waals surface area (Å²) in [6, 6.07) is 0.472. The van der Waals surface area contributed by atoms with Gasteiger partial charge in [0.2, 0.25) is 0 Å². The molecule has 0 amide bonds. The molecule has 0 aromatic carbocycles. The first kappa shape index (κ1) is 14.2. The Morgan fingerprint density at radius 1 is 1.47 bits per heavy atom. The van der Waals surface area contributed by atoms with Crippen molar-refractivity contribution in [2.75, 3.05) is 7.05 Å². The first-order valence-corrected chi connectivity index (χ1v) is 6.15. The van der Waals surface area contributed by atoms with Crippen molar-refractivity contribution in [2.24, 2.45) is 18.2 Å². The van der Waals surface area contributed by atoms with Gasteiger partial charge in [0.1, 0.15) is 5.82 Å². The maximum atomic E-state index is 6.12. The molecule has 0 saturated heterocycles. The second-order valence-electron chi connectivity index (χ2n) is 6.04. The summed E-state index contributed by atoms with van der Waals surface area (Å²) in [7, 11) is 4.14. The highest BCUT2D eigenvalue weighted by Gasteiger charge is 2.31. The minimum Gasteiger partial charge on any atom is -0.337 e. The van der Waals surface area contributed by atoms with Crippen LogP contribution in [0.5, 0.6) is 0 Å². The van der Waals surface area contributed by atoms with E-state index >= 15 is 0 Å². The fourth-order valence-electron chi connectivity index (χ4n) is 2.72. The van der Waals surface area contributed by atoms with E-state index in [0.717, 1.165) is 12.4 Å². The van der Waals surface area contributed by atoms with E-state index in [1.54, 1.807) is 0 Å². The summed E-state index contributed by atoms with van der Waals surface area (Å²) in [5.74, 6) is 1.07. The number of hydrogen-bond acceptors (Lipinski definition) is 3. The zero-order valence-electron chi connectivity index (χ0n) is 11.9. The van der Waals surface area contributed by atoms with Crippen molar-refractivity contribution in [3.8, 4) is 0 Å². The predicted molar refractivity (Wildman–Crippen MR) is 71.6 cm³/mol. The van der Waals surface area contributed by atoms with Crippen LogP contribution in [0.2, 0.25) is 0 Å². The number of hydrogen-bond donors (Lipinski definition) is 1. The SMILES string of the molecule is CC(N)C(N(C)Cc1nccn1C)C(C)(C)C. The lowest BCUT2D eigenvalue weighted by Crippen LogP contribution is -2.51. The predicted octanol–water partition coefficient (Wildman–Crippen LogP) is 1.61. The minimum atomic E-state index is 0.139. The molecule has 2 N–H and O–H groups in total. The highest BCUT2D eigenvalue weighted by atomic mass is 15.2. The first-order chi connectivity index (χ1) is 7.73.